The largest absolute Gasteiger partial charge is 0.484 e. The van der Waals surface area contributed by atoms with Crippen LogP contribution in [0, 0.1) is 0 Å². The van der Waals surface area contributed by atoms with Gasteiger partial charge < -0.3 is 9.84 Å². The molecule has 0 saturated carbocycles. The lowest BCUT2D eigenvalue weighted by Gasteiger charge is -2.23. The Morgan fingerprint density at radius 2 is 1.52 bits per heavy atom. The number of aliphatic carboxylic acids is 1. The fraction of sp³-hybridized carbons (Fsp3) is 0.208. The number of carbonyl (C=O) groups is 1. The summed E-state index contributed by atoms with van der Waals surface area (Å²) in [5, 5.41) is 9.00. The smallest absolute Gasteiger partial charge is 0.317 e. The van der Waals surface area contributed by atoms with Crippen molar-refractivity contribution in [2.75, 3.05) is 20.1 Å². The summed E-state index contributed by atoms with van der Waals surface area (Å²) in [6.45, 7) is 0.389. The molecule has 3 rings (SSSR count). The fourth-order valence-electron chi connectivity index (χ4n) is 3.26. The van der Waals surface area contributed by atoms with Gasteiger partial charge in [0.15, 0.2) is 0 Å². The minimum Gasteiger partial charge on any atom is -0.484 e. The molecule has 0 radical (unpaired) electrons. The molecule has 7 heteroatoms. The van der Waals surface area contributed by atoms with Crippen molar-refractivity contribution in [1.82, 2.24) is 4.90 Å². The van der Waals surface area contributed by atoms with Crippen molar-refractivity contribution in [3.63, 3.8) is 0 Å². The quantitative estimate of drug-likeness (QED) is 0.513. The average Bonchev–Trinajstić information content (AvgIpc) is 2.77. The Hall–Kier alpha value is -3.16. The van der Waals surface area contributed by atoms with Crippen LogP contribution in [0.5, 0.6) is 5.75 Å². The summed E-state index contributed by atoms with van der Waals surface area (Å²) in [6.07, 6.45) is 0.0533. The molecule has 0 bridgehead atoms. The topological polar surface area (TPSA) is 83.9 Å². The van der Waals surface area contributed by atoms with Gasteiger partial charge in [-0.15, -0.1) is 0 Å². The molecule has 1 N–H and O–H groups in total. The number of hydrogen-bond acceptors (Lipinski definition) is 5. The lowest BCUT2D eigenvalue weighted by Crippen LogP contribution is -2.28. The second-order valence-corrected chi connectivity index (χ2v) is 9.12. The van der Waals surface area contributed by atoms with Crippen LogP contribution in [0.1, 0.15) is 18.1 Å². The monoisotopic (exact) mass is 439 g/mol. The van der Waals surface area contributed by atoms with Crippen molar-refractivity contribution in [2.24, 2.45) is 0 Å². The number of para-hydroxylation sites is 1. The van der Waals surface area contributed by atoms with Gasteiger partial charge in [-0.05, 0) is 36.9 Å². The zero-order valence-corrected chi connectivity index (χ0v) is 18.0. The van der Waals surface area contributed by atoms with E-state index in [1.54, 1.807) is 60.5 Å². The number of nitrogens with zero attached hydrogens (tertiary/aromatic N) is 1. The highest BCUT2D eigenvalue weighted by molar-refractivity contribution is 7.91. The predicted molar refractivity (Wildman–Crippen MR) is 118 cm³/mol. The average molecular weight is 440 g/mol. The number of sulfone groups is 1. The molecule has 0 heterocycles. The molecule has 0 saturated heterocycles. The van der Waals surface area contributed by atoms with Crippen molar-refractivity contribution in [3.05, 3.63) is 90.5 Å². The third-order valence-electron chi connectivity index (χ3n) is 4.81. The summed E-state index contributed by atoms with van der Waals surface area (Å²) in [5.74, 6) is -0.639. The van der Waals surface area contributed by atoms with Gasteiger partial charge in [-0.2, -0.15) is 0 Å². The van der Waals surface area contributed by atoms with Crippen molar-refractivity contribution in [2.45, 2.75) is 22.3 Å². The molecule has 0 aromatic heterocycles. The van der Waals surface area contributed by atoms with E-state index in [1.165, 1.54) is 6.07 Å². The number of hydrogen-bond donors (Lipinski definition) is 1. The van der Waals surface area contributed by atoms with E-state index >= 15 is 0 Å². The van der Waals surface area contributed by atoms with Crippen LogP contribution >= 0.6 is 0 Å². The van der Waals surface area contributed by atoms with E-state index in [-0.39, 0.29) is 22.1 Å². The summed E-state index contributed by atoms with van der Waals surface area (Å²) in [4.78, 5) is 13.0. The molecule has 3 aromatic rings. The first-order valence-electron chi connectivity index (χ1n) is 9.89. The van der Waals surface area contributed by atoms with E-state index in [0.717, 1.165) is 5.56 Å². The Balaban J connectivity index is 1.91. The fourth-order valence-corrected chi connectivity index (χ4v) is 4.67. The summed E-state index contributed by atoms with van der Waals surface area (Å²) < 4.78 is 32.7. The van der Waals surface area contributed by atoms with Gasteiger partial charge in [0.25, 0.3) is 0 Å². The minimum absolute atomic E-state index is 0.0829. The molecule has 0 fully saturated rings. The van der Waals surface area contributed by atoms with E-state index in [4.69, 9.17) is 9.84 Å². The Morgan fingerprint density at radius 3 is 2.16 bits per heavy atom. The molecule has 0 amide bonds. The van der Waals surface area contributed by atoms with Gasteiger partial charge in [0, 0.05) is 13.0 Å². The first kappa shape index (κ1) is 22.5. The predicted octanol–water partition coefficient (Wildman–Crippen LogP) is 4.05. The van der Waals surface area contributed by atoms with Gasteiger partial charge in [-0.3, -0.25) is 9.69 Å². The summed E-state index contributed by atoms with van der Waals surface area (Å²) in [5.41, 5.74) is 0.887. The highest BCUT2D eigenvalue weighted by Gasteiger charge is 2.24. The Labute approximate surface area is 182 Å². The van der Waals surface area contributed by atoms with Crippen molar-refractivity contribution >= 4 is 15.8 Å². The minimum atomic E-state index is -3.76. The van der Waals surface area contributed by atoms with Crippen LogP contribution in [0.2, 0.25) is 0 Å². The zero-order chi connectivity index (χ0) is 22.3. The molecular formula is C24H25NO5S. The lowest BCUT2D eigenvalue weighted by molar-refractivity contribution is -0.138. The highest BCUT2D eigenvalue weighted by atomic mass is 32.2. The highest BCUT2D eigenvalue weighted by Crippen LogP contribution is 2.33. The lowest BCUT2D eigenvalue weighted by atomic mass is 10.1. The van der Waals surface area contributed by atoms with E-state index in [0.29, 0.717) is 13.0 Å². The molecule has 31 heavy (non-hydrogen) atoms. The molecular weight excluding hydrogens is 414 g/mol. The van der Waals surface area contributed by atoms with Crippen LogP contribution in [0.25, 0.3) is 0 Å². The number of likely N-dealkylation sites (N-methyl/N-ethyl adjacent to an activating group) is 1. The van der Waals surface area contributed by atoms with E-state index in [2.05, 4.69) is 0 Å². The van der Waals surface area contributed by atoms with Crippen molar-refractivity contribution in [1.29, 1.82) is 0 Å². The summed E-state index contributed by atoms with van der Waals surface area (Å²) in [6, 6.07) is 24.3. The van der Waals surface area contributed by atoms with Crippen LogP contribution in [-0.2, 0) is 14.6 Å². The van der Waals surface area contributed by atoms with Crippen molar-refractivity contribution < 1.29 is 23.1 Å². The summed E-state index contributed by atoms with van der Waals surface area (Å²) in [7, 11) is -2.03. The third-order valence-corrected chi connectivity index (χ3v) is 6.62. The van der Waals surface area contributed by atoms with Gasteiger partial charge in [-0.25, -0.2) is 8.42 Å². The van der Waals surface area contributed by atoms with Gasteiger partial charge in [-0.1, -0.05) is 60.7 Å². The normalized spacial score (nSPS) is 12.5. The van der Waals surface area contributed by atoms with Crippen LogP contribution in [0.4, 0.5) is 0 Å². The SMILES string of the molecule is CN(CCC(Oc1ccccc1S(=O)(=O)c1ccccc1)c1ccccc1)CC(=O)O. The third kappa shape index (κ3) is 5.93. The second-order valence-electron chi connectivity index (χ2n) is 7.20. The first-order valence-corrected chi connectivity index (χ1v) is 11.4. The maximum atomic E-state index is 13.2. The molecule has 0 spiro atoms. The molecule has 3 aromatic carbocycles. The number of carboxylic acid groups (broad SMARTS) is 1. The van der Waals surface area contributed by atoms with Gasteiger partial charge in [0.2, 0.25) is 9.84 Å². The zero-order valence-electron chi connectivity index (χ0n) is 17.2. The van der Waals surface area contributed by atoms with Gasteiger partial charge in [0.1, 0.15) is 16.7 Å². The van der Waals surface area contributed by atoms with Crippen LogP contribution in [0.3, 0.4) is 0 Å². The number of benzene rings is 3. The van der Waals surface area contributed by atoms with E-state index in [9.17, 15) is 13.2 Å². The molecule has 1 atom stereocenters. The van der Waals surface area contributed by atoms with Crippen LogP contribution < -0.4 is 4.74 Å². The number of ether oxygens (including phenoxy) is 1. The maximum absolute atomic E-state index is 13.2. The van der Waals surface area contributed by atoms with E-state index in [1.807, 2.05) is 30.3 Å². The number of rotatable bonds is 10. The standard InChI is InChI=1S/C24H25NO5S/c1-25(18-24(26)27)17-16-21(19-10-4-2-5-11-19)30-22-14-8-9-15-23(22)31(28,29)20-12-6-3-7-13-20/h2-15,21H,16-18H2,1H3,(H,26,27). The second kappa shape index (κ2) is 10.2. The van der Waals surface area contributed by atoms with Crippen molar-refractivity contribution in [3.8, 4) is 5.75 Å². The molecule has 6 nitrogen and oxygen atoms in total. The Kier molecular flexibility index (Phi) is 7.44. The van der Waals surface area contributed by atoms with Crippen LogP contribution in [0.15, 0.2) is 94.7 Å². The Bertz CT molecular complexity index is 1100. The number of carboxylic acids is 1. The summed E-state index contributed by atoms with van der Waals surface area (Å²) >= 11 is 0. The molecule has 0 aliphatic heterocycles. The first-order chi connectivity index (χ1) is 14.9. The molecule has 0 aliphatic carbocycles. The van der Waals surface area contributed by atoms with Gasteiger partial charge >= 0.3 is 5.97 Å². The van der Waals surface area contributed by atoms with E-state index < -0.39 is 21.9 Å². The Morgan fingerprint density at radius 1 is 0.935 bits per heavy atom. The molecule has 0 aliphatic rings. The maximum Gasteiger partial charge on any atom is 0.317 e. The van der Waals surface area contributed by atoms with Crippen LogP contribution in [-0.4, -0.2) is 44.5 Å². The van der Waals surface area contributed by atoms with Gasteiger partial charge in [0.05, 0.1) is 11.4 Å². The molecule has 1 unspecified atom stereocenters. The molecule has 162 valence electrons.